The van der Waals surface area contributed by atoms with E-state index < -0.39 is 11.5 Å². The van der Waals surface area contributed by atoms with Crippen LogP contribution >= 0.6 is 0 Å². The number of carboxylic acid groups (broad SMARTS) is 1. The van der Waals surface area contributed by atoms with Crippen molar-refractivity contribution >= 4 is 22.8 Å². The van der Waals surface area contributed by atoms with E-state index in [9.17, 15) is 19.5 Å². The zero-order valence-electron chi connectivity index (χ0n) is 14.2. The molecule has 0 radical (unpaired) electrons. The van der Waals surface area contributed by atoms with Gasteiger partial charge in [-0.05, 0) is 32.4 Å². The van der Waals surface area contributed by atoms with Crippen LogP contribution in [0, 0.1) is 6.92 Å². The monoisotopic (exact) mass is 331 g/mol. The Kier molecular flexibility index (Phi) is 4.73. The average molecular weight is 331 g/mol. The van der Waals surface area contributed by atoms with Crippen LogP contribution in [0.5, 0.6) is 0 Å². The zero-order valence-corrected chi connectivity index (χ0v) is 14.2. The highest BCUT2D eigenvalue weighted by molar-refractivity contribution is 5.86. The van der Waals surface area contributed by atoms with Gasteiger partial charge in [0.05, 0.1) is 17.2 Å². The molecule has 7 heteroatoms. The fourth-order valence-corrected chi connectivity index (χ4v) is 2.34. The number of likely N-dealkylation sites (N-methyl/N-ethyl adjacent to an activating group) is 1. The predicted octanol–water partition coefficient (Wildman–Crippen LogP) is 1.42. The second kappa shape index (κ2) is 6.43. The first-order chi connectivity index (χ1) is 11.2. The molecule has 0 saturated carbocycles. The molecule has 0 fully saturated rings. The van der Waals surface area contributed by atoms with Crippen molar-refractivity contribution in [2.45, 2.75) is 39.3 Å². The molecule has 0 spiro atoms. The lowest BCUT2D eigenvalue weighted by molar-refractivity contribution is -0.155. The van der Waals surface area contributed by atoms with Gasteiger partial charge in [-0.15, -0.1) is 0 Å². The number of rotatable bonds is 5. The molecule has 1 aromatic heterocycles. The molecule has 0 unspecified atom stereocenters. The van der Waals surface area contributed by atoms with E-state index in [1.807, 2.05) is 13.0 Å². The highest BCUT2D eigenvalue weighted by Crippen LogP contribution is 2.14. The van der Waals surface area contributed by atoms with Crippen molar-refractivity contribution in [3.63, 3.8) is 0 Å². The largest absolute Gasteiger partial charge is 0.480 e. The van der Waals surface area contributed by atoms with Crippen molar-refractivity contribution in [3.05, 3.63) is 40.4 Å². The number of carbonyl (C=O) groups excluding carboxylic acids is 1. The molecule has 1 aromatic carbocycles. The Labute approximate surface area is 139 Å². The number of aliphatic carboxylic acids is 1. The first-order valence-electron chi connectivity index (χ1n) is 7.61. The minimum absolute atomic E-state index is 0.0200. The van der Waals surface area contributed by atoms with Crippen LogP contribution in [-0.4, -0.2) is 44.0 Å². The van der Waals surface area contributed by atoms with Crippen LogP contribution in [0.25, 0.3) is 10.9 Å². The van der Waals surface area contributed by atoms with Crippen LogP contribution in [0.4, 0.5) is 0 Å². The minimum Gasteiger partial charge on any atom is -0.480 e. The Morgan fingerprint density at radius 3 is 2.62 bits per heavy atom. The van der Waals surface area contributed by atoms with Crippen molar-refractivity contribution in [1.82, 2.24) is 14.5 Å². The lowest BCUT2D eigenvalue weighted by Crippen LogP contribution is -2.51. The Morgan fingerprint density at radius 1 is 1.33 bits per heavy atom. The summed E-state index contributed by atoms with van der Waals surface area (Å²) in [4.78, 5) is 41.4. The van der Waals surface area contributed by atoms with Gasteiger partial charge in [-0.3, -0.25) is 14.2 Å². The number of amides is 1. The fraction of sp³-hybridized carbons (Fsp3) is 0.412. The number of nitrogens with zero attached hydrogens (tertiary/aromatic N) is 3. The highest BCUT2D eigenvalue weighted by atomic mass is 16.4. The zero-order chi connectivity index (χ0) is 18.1. The number of benzene rings is 1. The third kappa shape index (κ3) is 3.15. The number of aryl methyl sites for hydroxylation is 2. The van der Waals surface area contributed by atoms with Gasteiger partial charge in [0.25, 0.3) is 5.56 Å². The van der Waals surface area contributed by atoms with Gasteiger partial charge in [0.1, 0.15) is 5.54 Å². The molecule has 0 aliphatic carbocycles. The number of hydrogen-bond acceptors (Lipinski definition) is 4. The van der Waals surface area contributed by atoms with Gasteiger partial charge in [-0.2, -0.15) is 0 Å². The van der Waals surface area contributed by atoms with E-state index in [0.717, 1.165) is 5.56 Å². The fourth-order valence-electron chi connectivity index (χ4n) is 2.34. The number of aromatic nitrogens is 2. The standard InChI is InChI=1S/C17H21N3O4/c1-11-6-5-7-12-14(11)18-10-20(15(12)22)9-8-13(21)19(4)17(2,3)16(23)24/h5-7,10H,8-9H2,1-4H3,(H,23,24). The molecule has 1 N–H and O–H groups in total. The molecule has 1 heterocycles. The normalized spacial score (nSPS) is 11.5. The third-order valence-corrected chi connectivity index (χ3v) is 4.36. The molecule has 0 atom stereocenters. The van der Waals surface area contributed by atoms with Gasteiger partial charge >= 0.3 is 5.97 Å². The average Bonchev–Trinajstić information content (AvgIpc) is 2.53. The molecule has 0 bridgehead atoms. The maximum absolute atomic E-state index is 12.5. The number of carboxylic acids is 1. The summed E-state index contributed by atoms with van der Waals surface area (Å²) in [6.45, 7) is 4.94. The van der Waals surface area contributed by atoms with E-state index in [4.69, 9.17) is 0 Å². The van der Waals surface area contributed by atoms with Gasteiger partial charge < -0.3 is 10.0 Å². The number of fused-ring (bicyclic) bond motifs is 1. The summed E-state index contributed by atoms with van der Waals surface area (Å²) in [7, 11) is 1.45. The van der Waals surface area contributed by atoms with Gasteiger partial charge in [-0.1, -0.05) is 12.1 Å². The van der Waals surface area contributed by atoms with E-state index in [-0.39, 0.29) is 24.4 Å². The van der Waals surface area contributed by atoms with E-state index >= 15 is 0 Å². The van der Waals surface area contributed by atoms with E-state index in [2.05, 4.69) is 4.98 Å². The molecular formula is C17H21N3O4. The molecule has 1 amide bonds. The molecule has 2 rings (SSSR count). The van der Waals surface area contributed by atoms with Crippen LogP contribution in [0.1, 0.15) is 25.8 Å². The smallest absolute Gasteiger partial charge is 0.329 e. The van der Waals surface area contributed by atoms with Gasteiger partial charge in [-0.25, -0.2) is 9.78 Å². The minimum atomic E-state index is -1.30. The molecule has 0 aliphatic heterocycles. The van der Waals surface area contributed by atoms with E-state index in [0.29, 0.717) is 10.9 Å². The second-order valence-electron chi connectivity index (χ2n) is 6.28. The van der Waals surface area contributed by atoms with Gasteiger partial charge in [0.2, 0.25) is 5.91 Å². The van der Waals surface area contributed by atoms with Crippen molar-refractivity contribution in [3.8, 4) is 0 Å². The maximum Gasteiger partial charge on any atom is 0.329 e. The lowest BCUT2D eigenvalue weighted by Gasteiger charge is -2.31. The van der Waals surface area contributed by atoms with E-state index in [1.165, 1.54) is 36.7 Å². The summed E-state index contributed by atoms with van der Waals surface area (Å²) in [5.41, 5.74) is 0.0440. The van der Waals surface area contributed by atoms with Crippen LogP contribution < -0.4 is 5.56 Å². The topological polar surface area (TPSA) is 92.5 Å². The number of para-hydroxylation sites is 1. The quantitative estimate of drug-likeness (QED) is 0.894. The summed E-state index contributed by atoms with van der Waals surface area (Å²) in [5.74, 6) is -1.43. The summed E-state index contributed by atoms with van der Waals surface area (Å²) >= 11 is 0. The molecule has 7 nitrogen and oxygen atoms in total. The third-order valence-electron chi connectivity index (χ3n) is 4.36. The SMILES string of the molecule is Cc1cccc2c(=O)n(CCC(=O)N(C)C(C)(C)C(=O)O)cnc12. The number of carbonyl (C=O) groups is 2. The molecule has 0 aliphatic rings. The first kappa shape index (κ1) is 17.7. The summed E-state index contributed by atoms with van der Waals surface area (Å²) in [6.07, 6.45) is 1.44. The number of hydrogen-bond donors (Lipinski definition) is 1. The van der Waals surface area contributed by atoms with Crippen LogP contribution in [0.3, 0.4) is 0 Å². The summed E-state index contributed by atoms with van der Waals surface area (Å²) in [6, 6.07) is 5.38. The Balaban J connectivity index is 2.20. The molecule has 24 heavy (non-hydrogen) atoms. The summed E-state index contributed by atoms with van der Waals surface area (Å²) in [5, 5.41) is 9.68. The van der Waals surface area contributed by atoms with Crippen molar-refractivity contribution in [2.75, 3.05) is 7.05 Å². The lowest BCUT2D eigenvalue weighted by atomic mass is 10.0. The predicted molar refractivity (Wildman–Crippen MR) is 89.8 cm³/mol. The maximum atomic E-state index is 12.5. The summed E-state index contributed by atoms with van der Waals surface area (Å²) < 4.78 is 1.38. The van der Waals surface area contributed by atoms with Crippen molar-refractivity contribution < 1.29 is 14.7 Å². The van der Waals surface area contributed by atoms with Crippen LogP contribution in [0.15, 0.2) is 29.3 Å². The van der Waals surface area contributed by atoms with Crippen molar-refractivity contribution in [2.24, 2.45) is 0 Å². The van der Waals surface area contributed by atoms with Crippen LogP contribution in [0.2, 0.25) is 0 Å². The van der Waals surface area contributed by atoms with Crippen LogP contribution in [-0.2, 0) is 16.1 Å². The Morgan fingerprint density at radius 2 is 2.00 bits per heavy atom. The second-order valence-corrected chi connectivity index (χ2v) is 6.28. The highest BCUT2D eigenvalue weighted by Gasteiger charge is 2.34. The van der Waals surface area contributed by atoms with Crippen molar-refractivity contribution in [1.29, 1.82) is 0 Å². The van der Waals surface area contributed by atoms with E-state index in [1.54, 1.807) is 12.1 Å². The molecule has 128 valence electrons. The molecule has 0 saturated heterocycles. The Hall–Kier alpha value is -2.70. The van der Waals surface area contributed by atoms with Gasteiger partial charge in [0, 0.05) is 20.0 Å². The first-order valence-corrected chi connectivity index (χ1v) is 7.61. The van der Waals surface area contributed by atoms with Gasteiger partial charge in [0.15, 0.2) is 0 Å². The molecule has 2 aromatic rings. The Bertz CT molecular complexity index is 855. The molecular weight excluding hydrogens is 310 g/mol.